The zero-order chi connectivity index (χ0) is 19.2. The Kier molecular flexibility index (Phi) is 5.99. The summed E-state index contributed by atoms with van der Waals surface area (Å²) in [5.74, 6) is -0.667. The van der Waals surface area contributed by atoms with Crippen LogP contribution in [0.3, 0.4) is 0 Å². The molecule has 1 fully saturated rings. The van der Waals surface area contributed by atoms with E-state index in [2.05, 4.69) is 15.8 Å². The SMILES string of the molecule is O=C(CCN1C(=O)C(=Cc2ccco2)SC1=S)NNC(=O)c1cccnc1. The number of nitrogens with zero attached hydrogens (tertiary/aromatic N) is 2. The monoisotopic (exact) mass is 402 g/mol. The van der Waals surface area contributed by atoms with Crippen molar-refractivity contribution in [2.24, 2.45) is 0 Å². The van der Waals surface area contributed by atoms with E-state index in [9.17, 15) is 14.4 Å². The van der Waals surface area contributed by atoms with Crippen LogP contribution in [-0.2, 0) is 9.59 Å². The van der Waals surface area contributed by atoms with Crippen molar-refractivity contribution < 1.29 is 18.8 Å². The van der Waals surface area contributed by atoms with Crippen molar-refractivity contribution in [3.8, 4) is 0 Å². The number of thiocarbonyl (C=S) groups is 1. The molecule has 138 valence electrons. The topological polar surface area (TPSA) is 105 Å². The molecular weight excluding hydrogens is 388 g/mol. The molecular formula is C17H14N4O4S2. The van der Waals surface area contributed by atoms with Crippen molar-refractivity contribution in [2.75, 3.05) is 6.54 Å². The van der Waals surface area contributed by atoms with E-state index in [0.717, 1.165) is 11.8 Å². The number of pyridine rings is 1. The quantitative estimate of drug-likeness (QED) is 0.446. The van der Waals surface area contributed by atoms with E-state index in [1.807, 2.05) is 0 Å². The average molecular weight is 402 g/mol. The highest BCUT2D eigenvalue weighted by atomic mass is 32.2. The lowest BCUT2D eigenvalue weighted by molar-refractivity contribution is -0.124. The Bertz CT molecular complexity index is 897. The van der Waals surface area contributed by atoms with E-state index in [0.29, 0.717) is 20.5 Å². The van der Waals surface area contributed by atoms with Gasteiger partial charge in [0.15, 0.2) is 0 Å². The van der Waals surface area contributed by atoms with Gasteiger partial charge in [-0.1, -0.05) is 24.0 Å². The molecule has 0 aliphatic carbocycles. The first-order valence-corrected chi connectivity index (χ1v) is 9.05. The summed E-state index contributed by atoms with van der Waals surface area (Å²) in [6.45, 7) is 0.106. The molecule has 1 saturated heterocycles. The van der Waals surface area contributed by atoms with Crippen molar-refractivity contribution >= 4 is 52.1 Å². The molecule has 0 unspecified atom stereocenters. The minimum Gasteiger partial charge on any atom is -0.465 e. The molecule has 0 atom stereocenters. The fourth-order valence-corrected chi connectivity index (χ4v) is 3.46. The molecule has 1 aliphatic heterocycles. The predicted octanol–water partition coefficient (Wildman–Crippen LogP) is 1.73. The van der Waals surface area contributed by atoms with Gasteiger partial charge in [0.05, 0.1) is 16.7 Å². The molecule has 0 spiro atoms. The van der Waals surface area contributed by atoms with Crippen molar-refractivity contribution in [1.29, 1.82) is 0 Å². The molecule has 0 radical (unpaired) electrons. The average Bonchev–Trinajstić information content (AvgIpc) is 3.28. The van der Waals surface area contributed by atoms with E-state index in [1.54, 1.807) is 30.3 Å². The van der Waals surface area contributed by atoms with Gasteiger partial charge < -0.3 is 4.42 Å². The van der Waals surface area contributed by atoms with Gasteiger partial charge in [0, 0.05) is 31.4 Å². The normalized spacial score (nSPS) is 15.3. The number of furan rings is 1. The van der Waals surface area contributed by atoms with E-state index >= 15 is 0 Å². The fraction of sp³-hybridized carbons (Fsp3) is 0.118. The number of rotatable bonds is 5. The molecule has 0 bridgehead atoms. The number of carbonyl (C=O) groups is 3. The molecule has 2 aromatic heterocycles. The molecule has 3 rings (SSSR count). The highest BCUT2D eigenvalue weighted by molar-refractivity contribution is 8.26. The minimum absolute atomic E-state index is 0.0200. The first kappa shape index (κ1) is 18.8. The van der Waals surface area contributed by atoms with Crippen LogP contribution in [-0.4, -0.2) is 38.5 Å². The smallest absolute Gasteiger partial charge is 0.271 e. The van der Waals surface area contributed by atoms with Gasteiger partial charge in [0.25, 0.3) is 11.8 Å². The van der Waals surface area contributed by atoms with Gasteiger partial charge in [-0.3, -0.25) is 35.1 Å². The van der Waals surface area contributed by atoms with E-state index < -0.39 is 11.8 Å². The van der Waals surface area contributed by atoms with Crippen molar-refractivity contribution in [3.63, 3.8) is 0 Å². The van der Waals surface area contributed by atoms with Crippen molar-refractivity contribution in [2.45, 2.75) is 6.42 Å². The summed E-state index contributed by atoms with van der Waals surface area (Å²) >= 11 is 6.35. The van der Waals surface area contributed by atoms with Gasteiger partial charge >= 0.3 is 0 Å². The van der Waals surface area contributed by atoms with Gasteiger partial charge in [-0.05, 0) is 24.3 Å². The number of carbonyl (C=O) groups excluding carboxylic acids is 3. The maximum absolute atomic E-state index is 12.4. The molecule has 0 saturated carbocycles. The standard InChI is InChI=1S/C17H14N4O4S2/c22-14(19-20-15(23)11-3-1-6-18-10-11)5-7-21-16(24)13(27-17(21)26)9-12-4-2-8-25-12/h1-4,6,8-10H,5,7H2,(H,19,22)(H,20,23). The number of amides is 3. The van der Waals surface area contributed by atoms with Crippen LogP contribution in [0.25, 0.3) is 6.08 Å². The second kappa shape index (κ2) is 8.60. The maximum atomic E-state index is 12.4. The lowest BCUT2D eigenvalue weighted by Gasteiger charge is -2.14. The number of aromatic nitrogens is 1. The molecule has 2 aromatic rings. The van der Waals surface area contributed by atoms with E-state index in [-0.39, 0.29) is 18.9 Å². The molecule has 2 N–H and O–H groups in total. The van der Waals surface area contributed by atoms with Crippen LogP contribution < -0.4 is 10.9 Å². The first-order valence-electron chi connectivity index (χ1n) is 7.82. The third-order valence-electron chi connectivity index (χ3n) is 3.49. The summed E-state index contributed by atoms with van der Waals surface area (Å²) in [4.78, 5) is 41.8. The Hall–Kier alpha value is -2.98. The van der Waals surface area contributed by atoms with Crippen LogP contribution in [0, 0.1) is 0 Å². The third-order valence-corrected chi connectivity index (χ3v) is 4.87. The Morgan fingerprint density at radius 1 is 1.30 bits per heavy atom. The second-order valence-electron chi connectivity index (χ2n) is 5.34. The number of thioether (sulfide) groups is 1. The predicted molar refractivity (Wildman–Crippen MR) is 103 cm³/mol. The lowest BCUT2D eigenvalue weighted by Crippen LogP contribution is -2.43. The molecule has 27 heavy (non-hydrogen) atoms. The number of hydrazine groups is 1. The Morgan fingerprint density at radius 2 is 2.15 bits per heavy atom. The molecule has 3 amide bonds. The molecule has 3 heterocycles. The first-order chi connectivity index (χ1) is 13.0. The molecule has 8 nitrogen and oxygen atoms in total. The van der Waals surface area contributed by atoms with Crippen molar-refractivity contribution in [1.82, 2.24) is 20.7 Å². The fourth-order valence-electron chi connectivity index (χ4n) is 2.17. The highest BCUT2D eigenvalue weighted by Gasteiger charge is 2.32. The van der Waals surface area contributed by atoms with Crippen LogP contribution in [0.2, 0.25) is 0 Å². The van der Waals surface area contributed by atoms with Crippen LogP contribution >= 0.6 is 24.0 Å². The summed E-state index contributed by atoms with van der Waals surface area (Å²) in [7, 11) is 0. The lowest BCUT2D eigenvalue weighted by atomic mass is 10.3. The second-order valence-corrected chi connectivity index (χ2v) is 7.02. The third kappa shape index (κ3) is 4.80. The van der Waals surface area contributed by atoms with Crippen LogP contribution in [0.4, 0.5) is 0 Å². The number of hydrogen-bond donors (Lipinski definition) is 2. The molecule has 0 aromatic carbocycles. The highest BCUT2D eigenvalue weighted by Crippen LogP contribution is 2.32. The van der Waals surface area contributed by atoms with Gasteiger partial charge in [-0.15, -0.1) is 0 Å². The summed E-state index contributed by atoms with van der Waals surface area (Å²) in [5.41, 5.74) is 4.91. The van der Waals surface area contributed by atoms with Crippen molar-refractivity contribution in [3.05, 3.63) is 59.2 Å². The summed E-state index contributed by atoms with van der Waals surface area (Å²) < 4.78 is 5.56. The van der Waals surface area contributed by atoms with Gasteiger partial charge in [0.1, 0.15) is 10.1 Å². The minimum atomic E-state index is -0.483. The van der Waals surface area contributed by atoms with Gasteiger partial charge in [0.2, 0.25) is 5.91 Å². The molecule has 10 heteroatoms. The zero-order valence-corrected chi connectivity index (χ0v) is 15.5. The summed E-state index contributed by atoms with van der Waals surface area (Å²) in [6.07, 6.45) is 6.02. The van der Waals surface area contributed by atoms with Crippen LogP contribution in [0.1, 0.15) is 22.5 Å². The number of hydrogen-bond acceptors (Lipinski definition) is 7. The van der Waals surface area contributed by atoms with Gasteiger partial charge in [-0.25, -0.2) is 0 Å². The van der Waals surface area contributed by atoms with E-state index in [1.165, 1.54) is 23.6 Å². The maximum Gasteiger partial charge on any atom is 0.271 e. The van der Waals surface area contributed by atoms with Crippen LogP contribution in [0.5, 0.6) is 0 Å². The van der Waals surface area contributed by atoms with Crippen LogP contribution in [0.15, 0.2) is 52.2 Å². The largest absolute Gasteiger partial charge is 0.465 e. The summed E-state index contributed by atoms with van der Waals surface area (Å²) in [5, 5.41) is 0. The number of nitrogens with one attached hydrogen (secondary N) is 2. The van der Waals surface area contributed by atoms with E-state index in [4.69, 9.17) is 16.6 Å². The Morgan fingerprint density at radius 3 is 2.85 bits per heavy atom. The summed E-state index contributed by atoms with van der Waals surface area (Å²) in [6, 6.07) is 6.63. The Balaban J connectivity index is 1.49. The molecule has 1 aliphatic rings. The zero-order valence-electron chi connectivity index (χ0n) is 13.9. The van der Waals surface area contributed by atoms with Gasteiger partial charge in [-0.2, -0.15) is 0 Å². The Labute approximate surface area is 164 Å².